The van der Waals surface area contributed by atoms with E-state index >= 15 is 0 Å². The van der Waals surface area contributed by atoms with Gasteiger partial charge in [0.2, 0.25) is 5.91 Å². The van der Waals surface area contributed by atoms with Gasteiger partial charge in [-0.25, -0.2) is 9.59 Å². The monoisotopic (exact) mass is 420 g/mol. The number of rotatable bonds is 10. The fourth-order valence-corrected chi connectivity index (χ4v) is 2.58. The zero-order valence-corrected chi connectivity index (χ0v) is 18.3. The summed E-state index contributed by atoms with van der Waals surface area (Å²) in [7, 11) is 0. The number of aldehydes is 1. The lowest BCUT2D eigenvalue weighted by Crippen LogP contribution is -2.48. The molecule has 0 unspecified atom stereocenters. The fourth-order valence-electron chi connectivity index (χ4n) is 2.58. The number of amides is 2. The Balaban J connectivity index is 2.79. The highest BCUT2D eigenvalue weighted by molar-refractivity contribution is 5.89. The van der Waals surface area contributed by atoms with E-state index in [-0.39, 0.29) is 18.9 Å². The zero-order valence-electron chi connectivity index (χ0n) is 18.3. The summed E-state index contributed by atoms with van der Waals surface area (Å²) in [6.07, 6.45) is -0.0965. The molecule has 2 N–H and O–H groups in total. The van der Waals surface area contributed by atoms with E-state index in [0.29, 0.717) is 12.7 Å². The van der Waals surface area contributed by atoms with Gasteiger partial charge < -0.3 is 24.9 Å². The summed E-state index contributed by atoms with van der Waals surface area (Å²) in [5, 5.41) is 4.96. The summed E-state index contributed by atoms with van der Waals surface area (Å²) in [5.41, 5.74) is -0.00526. The summed E-state index contributed by atoms with van der Waals surface area (Å²) < 4.78 is 10.4. The molecule has 0 radical (unpaired) electrons. The van der Waals surface area contributed by atoms with Crippen LogP contribution in [0, 0.1) is 5.92 Å². The molecule has 30 heavy (non-hydrogen) atoms. The second-order valence-electron chi connectivity index (χ2n) is 8.44. The van der Waals surface area contributed by atoms with Crippen LogP contribution in [0.2, 0.25) is 0 Å². The van der Waals surface area contributed by atoms with Gasteiger partial charge in [0.25, 0.3) is 0 Å². The van der Waals surface area contributed by atoms with Crippen molar-refractivity contribution >= 4 is 24.3 Å². The van der Waals surface area contributed by atoms with Crippen LogP contribution in [0.5, 0.6) is 0 Å². The molecular weight excluding hydrogens is 388 g/mol. The van der Waals surface area contributed by atoms with Crippen LogP contribution in [0.1, 0.15) is 53.0 Å². The van der Waals surface area contributed by atoms with Crippen molar-refractivity contribution in [2.24, 2.45) is 5.92 Å². The molecule has 0 aromatic heterocycles. The van der Waals surface area contributed by atoms with Crippen LogP contribution in [0.15, 0.2) is 30.3 Å². The number of carbonyl (C=O) groups is 4. The second kappa shape index (κ2) is 11.9. The summed E-state index contributed by atoms with van der Waals surface area (Å²) in [4.78, 5) is 48.2. The molecule has 0 heterocycles. The molecule has 0 bridgehead atoms. The predicted molar refractivity (Wildman–Crippen MR) is 111 cm³/mol. The maximum absolute atomic E-state index is 12.5. The quantitative estimate of drug-likeness (QED) is 0.445. The lowest BCUT2D eigenvalue weighted by molar-refractivity contribution is -0.149. The Morgan fingerprint density at radius 3 is 2.23 bits per heavy atom. The normalized spacial score (nSPS) is 13.1. The van der Waals surface area contributed by atoms with Gasteiger partial charge in [-0.3, -0.25) is 4.79 Å². The molecule has 1 aromatic rings. The Morgan fingerprint density at radius 1 is 1.07 bits per heavy atom. The highest BCUT2D eigenvalue weighted by Crippen LogP contribution is 2.09. The Morgan fingerprint density at radius 2 is 1.70 bits per heavy atom. The Kier molecular flexibility index (Phi) is 10.0. The van der Waals surface area contributed by atoms with Crippen LogP contribution in [-0.2, 0) is 30.5 Å². The largest absolute Gasteiger partial charge is 0.459 e. The van der Waals surface area contributed by atoms with Crippen molar-refractivity contribution in [1.82, 2.24) is 10.6 Å². The molecule has 0 saturated heterocycles. The molecule has 166 valence electrons. The van der Waals surface area contributed by atoms with Gasteiger partial charge in [-0.05, 0) is 38.7 Å². The van der Waals surface area contributed by atoms with E-state index < -0.39 is 35.7 Å². The highest BCUT2D eigenvalue weighted by Gasteiger charge is 2.28. The molecule has 0 fully saturated rings. The molecule has 8 heteroatoms. The van der Waals surface area contributed by atoms with Gasteiger partial charge in [0.15, 0.2) is 0 Å². The minimum Gasteiger partial charge on any atom is -0.459 e. The number of ether oxygens (including phenoxy) is 2. The molecular formula is C22H32N2O6. The molecule has 0 aliphatic heterocycles. The summed E-state index contributed by atoms with van der Waals surface area (Å²) in [5.74, 6) is -1.12. The molecule has 8 nitrogen and oxygen atoms in total. The first-order valence-electron chi connectivity index (χ1n) is 9.95. The van der Waals surface area contributed by atoms with Crippen LogP contribution in [0.3, 0.4) is 0 Å². The molecule has 0 spiro atoms. The maximum atomic E-state index is 12.5. The average Bonchev–Trinajstić information content (AvgIpc) is 2.63. The third kappa shape index (κ3) is 10.6. The third-order valence-electron chi connectivity index (χ3n) is 3.82. The van der Waals surface area contributed by atoms with Crippen molar-refractivity contribution in [2.45, 2.75) is 71.8 Å². The summed E-state index contributed by atoms with van der Waals surface area (Å²) in [6, 6.07) is 7.11. The van der Waals surface area contributed by atoms with Crippen molar-refractivity contribution in [3.63, 3.8) is 0 Å². The highest BCUT2D eigenvalue weighted by atomic mass is 16.6. The van der Waals surface area contributed by atoms with Crippen molar-refractivity contribution in [2.75, 3.05) is 0 Å². The Hall–Kier alpha value is -2.90. The minimum atomic E-state index is -1.25. The van der Waals surface area contributed by atoms with E-state index in [1.807, 2.05) is 19.9 Å². The average molecular weight is 421 g/mol. The number of carbonyl (C=O) groups excluding carboxylic acids is 4. The Labute approximate surface area is 177 Å². The van der Waals surface area contributed by atoms with Gasteiger partial charge in [-0.15, -0.1) is 0 Å². The molecule has 2 amide bonds. The van der Waals surface area contributed by atoms with Gasteiger partial charge >= 0.3 is 12.1 Å². The van der Waals surface area contributed by atoms with Crippen LogP contribution in [0.25, 0.3) is 0 Å². The van der Waals surface area contributed by atoms with Gasteiger partial charge in [0.1, 0.15) is 24.5 Å². The molecule has 2 atom stereocenters. The Bertz CT molecular complexity index is 712. The van der Waals surface area contributed by atoms with Gasteiger partial charge in [-0.2, -0.15) is 0 Å². The van der Waals surface area contributed by atoms with Gasteiger partial charge in [0.05, 0.1) is 12.5 Å². The van der Waals surface area contributed by atoms with Crippen molar-refractivity contribution in [1.29, 1.82) is 0 Å². The first kappa shape index (κ1) is 25.1. The first-order valence-corrected chi connectivity index (χ1v) is 9.95. The number of esters is 1. The van der Waals surface area contributed by atoms with Crippen LogP contribution in [-0.4, -0.2) is 41.9 Å². The van der Waals surface area contributed by atoms with E-state index in [4.69, 9.17) is 9.47 Å². The van der Waals surface area contributed by atoms with E-state index in [1.54, 1.807) is 45.0 Å². The van der Waals surface area contributed by atoms with Crippen molar-refractivity contribution < 1.29 is 28.7 Å². The molecule has 0 aliphatic carbocycles. The molecule has 0 saturated carbocycles. The van der Waals surface area contributed by atoms with Crippen LogP contribution >= 0.6 is 0 Å². The van der Waals surface area contributed by atoms with E-state index in [9.17, 15) is 19.2 Å². The molecule has 1 rings (SSSR count). The minimum absolute atomic E-state index is 0.00188. The summed E-state index contributed by atoms with van der Waals surface area (Å²) >= 11 is 0. The first-order chi connectivity index (χ1) is 14.0. The number of hydrogen-bond acceptors (Lipinski definition) is 6. The zero-order chi connectivity index (χ0) is 22.7. The topological polar surface area (TPSA) is 111 Å². The number of alkyl carbamates (subject to hydrolysis) is 1. The lowest BCUT2D eigenvalue weighted by atomic mass is 10.0. The summed E-state index contributed by atoms with van der Waals surface area (Å²) in [6.45, 7) is 8.90. The number of nitrogens with one attached hydrogen (secondary N) is 2. The smallest absolute Gasteiger partial charge is 0.408 e. The predicted octanol–water partition coefficient (Wildman–Crippen LogP) is 2.74. The lowest BCUT2D eigenvalue weighted by Gasteiger charge is -2.23. The molecule has 1 aromatic carbocycles. The third-order valence-corrected chi connectivity index (χ3v) is 3.82. The van der Waals surface area contributed by atoms with E-state index in [1.165, 1.54) is 0 Å². The molecule has 0 aliphatic rings. The number of hydrogen-bond donors (Lipinski definition) is 2. The van der Waals surface area contributed by atoms with Crippen LogP contribution < -0.4 is 10.6 Å². The SMILES string of the molecule is CC(C)C[C@H](C=O)NC(=O)C[C@H](NC(=O)OC(C)(C)C)C(=O)OCc1ccccc1. The number of benzene rings is 1. The fraction of sp³-hybridized carbons (Fsp3) is 0.545. The van der Waals surface area contributed by atoms with E-state index in [0.717, 1.165) is 5.56 Å². The van der Waals surface area contributed by atoms with E-state index in [2.05, 4.69) is 10.6 Å². The standard InChI is InChI=1S/C22H32N2O6/c1-15(2)11-17(13-25)23-19(26)12-18(24-21(28)30-22(3,4)5)20(27)29-14-16-9-7-6-8-10-16/h6-10,13,15,17-18H,11-12,14H2,1-5H3,(H,23,26)(H,24,28)/t17-,18+/m1/s1. The second-order valence-corrected chi connectivity index (χ2v) is 8.44. The van der Waals surface area contributed by atoms with Crippen LogP contribution in [0.4, 0.5) is 4.79 Å². The van der Waals surface area contributed by atoms with Crippen molar-refractivity contribution in [3.05, 3.63) is 35.9 Å². The van der Waals surface area contributed by atoms with Gasteiger partial charge in [-0.1, -0.05) is 44.2 Å². The van der Waals surface area contributed by atoms with Gasteiger partial charge in [0, 0.05) is 0 Å². The van der Waals surface area contributed by atoms with Crippen molar-refractivity contribution in [3.8, 4) is 0 Å². The maximum Gasteiger partial charge on any atom is 0.408 e.